The van der Waals surface area contributed by atoms with Gasteiger partial charge in [0.1, 0.15) is 0 Å². The van der Waals surface area contributed by atoms with Crippen LogP contribution >= 0.6 is 0 Å². The summed E-state index contributed by atoms with van der Waals surface area (Å²) in [6.07, 6.45) is -4.44. The van der Waals surface area contributed by atoms with E-state index in [-0.39, 0.29) is 10.6 Å². The zero-order valence-electron chi connectivity index (χ0n) is 15.8. The van der Waals surface area contributed by atoms with Crippen molar-refractivity contribution in [3.05, 3.63) is 59.2 Å². The van der Waals surface area contributed by atoms with Crippen molar-refractivity contribution < 1.29 is 26.4 Å². The Labute approximate surface area is 162 Å². The molecule has 0 fully saturated rings. The number of aryl methyl sites for hydroxylation is 1. The smallest absolute Gasteiger partial charge is 0.326 e. The van der Waals surface area contributed by atoms with Crippen LogP contribution in [0.25, 0.3) is 0 Å². The van der Waals surface area contributed by atoms with E-state index in [0.717, 1.165) is 16.4 Å². The number of anilines is 1. The Morgan fingerprint density at radius 3 is 2.14 bits per heavy atom. The average Bonchev–Trinajstić information content (AvgIpc) is 2.61. The fourth-order valence-electron chi connectivity index (χ4n) is 2.52. The van der Waals surface area contributed by atoms with Crippen LogP contribution in [0.15, 0.2) is 47.4 Å². The molecule has 0 aliphatic carbocycles. The van der Waals surface area contributed by atoms with Crippen molar-refractivity contribution in [3.63, 3.8) is 0 Å². The molecule has 28 heavy (non-hydrogen) atoms. The number of halogens is 3. The summed E-state index contributed by atoms with van der Waals surface area (Å²) in [5.41, 5.74) is 0.442. The van der Waals surface area contributed by atoms with Gasteiger partial charge < -0.3 is 5.32 Å². The normalized spacial score (nSPS) is 13.4. The van der Waals surface area contributed by atoms with E-state index >= 15 is 0 Å². The Hall–Kier alpha value is -2.39. The zero-order valence-corrected chi connectivity index (χ0v) is 16.6. The number of benzene rings is 2. The van der Waals surface area contributed by atoms with Crippen molar-refractivity contribution in [2.24, 2.45) is 0 Å². The fraction of sp³-hybridized carbons (Fsp3) is 0.316. The molecule has 5 nitrogen and oxygen atoms in total. The average molecular weight is 414 g/mol. The molecule has 0 heterocycles. The molecule has 2 aromatic rings. The van der Waals surface area contributed by atoms with Crippen LogP contribution in [0.1, 0.15) is 29.5 Å². The van der Waals surface area contributed by atoms with Crippen LogP contribution in [0.2, 0.25) is 0 Å². The molecule has 1 amide bonds. The molecule has 1 unspecified atom stereocenters. The first-order valence-corrected chi connectivity index (χ1v) is 9.79. The third kappa shape index (κ3) is 4.71. The number of carbonyl (C=O) groups is 1. The van der Waals surface area contributed by atoms with Crippen LogP contribution in [0.4, 0.5) is 18.9 Å². The first-order valence-electron chi connectivity index (χ1n) is 8.35. The maximum atomic E-state index is 12.7. The van der Waals surface area contributed by atoms with E-state index in [4.69, 9.17) is 0 Å². The van der Waals surface area contributed by atoms with E-state index in [1.807, 2.05) is 0 Å². The SMILES string of the molecule is Cc1ccc(NC(=O)C(C)c2ccc(C(F)(F)F)cc2)cc1S(=O)(=O)N(C)C. The predicted octanol–water partition coefficient (Wildman–Crippen LogP) is 4.01. The van der Waals surface area contributed by atoms with Gasteiger partial charge >= 0.3 is 6.18 Å². The number of alkyl halides is 3. The van der Waals surface area contributed by atoms with Crippen molar-refractivity contribution in [1.82, 2.24) is 4.31 Å². The van der Waals surface area contributed by atoms with Crippen LogP contribution in [0, 0.1) is 6.92 Å². The second-order valence-corrected chi connectivity index (χ2v) is 8.72. The number of sulfonamides is 1. The Kier molecular flexibility index (Phi) is 6.20. The third-order valence-corrected chi connectivity index (χ3v) is 6.30. The van der Waals surface area contributed by atoms with Gasteiger partial charge in [0, 0.05) is 19.8 Å². The van der Waals surface area contributed by atoms with Gasteiger partial charge in [-0.15, -0.1) is 0 Å². The summed E-state index contributed by atoms with van der Waals surface area (Å²) in [4.78, 5) is 12.5. The summed E-state index contributed by atoms with van der Waals surface area (Å²) < 4.78 is 63.8. The molecule has 0 spiro atoms. The van der Waals surface area contributed by atoms with Gasteiger partial charge in [0.05, 0.1) is 16.4 Å². The summed E-state index contributed by atoms with van der Waals surface area (Å²) in [6, 6.07) is 8.87. The van der Waals surface area contributed by atoms with Gasteiger partial charge in [-0.25, -0.2) is 12.7 Å². The number of hydrogen-bond donors (Lipinski definition) is 1. The molecule has 0 aliphatic rings. The molecule has 1 N–H and O–H groups in total. The van der Waals surface area contributed by atoms with E-state index < -0.39 is 33.6 Å². The molecule has 2 aromatic carbocycles. The fourth-order valence-corrected chi connectivity index (χ4v) is 3.66. The highest BCUT2D eigenvalue weighted by Gasteiger charge is 2.30. The molecular weight excluding hydrogens is 393 g/mol. The molecule has 0 saturated heterocycles. The quantitative estimate of drug-likeness (QED) is 0.804. The second kappa shape index (κ2) is 7.92. The lowest BCUT2D eigenvalue weighted by Crippen LogP contribution is -2.24. The Morgan fingerprint density at radius 1 is 1.07 bits per heavy atom. The van der Waals surface area contributed by atoms with Gasteiger partial charge in [-0.2, -0.15) is 13.2 Å². The molecule has 152 valence electrons. The summed E-state index contributed by atoms with van der Waals surface area (Å²) in [7, 11) is -0.863. The van der Waals surface area contributed by atoms with Crippen LogP contribution < -0.4 is 5.32 Å². The van der Waals surface area contributed by atoms with Crippen molar-refractivity contribution >= 4 is 21.6 Å². The lowest BCUT2D eigenvalue weighted by molar-refractivity contribution is -0.137. The van der Waals surface area contributed by atoms with Crippen molar-refractivity contribution in [3.8, 4) is 0 Å². The molecular formula is C19H21F3N2O3S. The number of nitrogens with one attached hydrogen (secondary N) is 1. The number of carbonyl (C=O) groups excluding carboxylic acids is 1. The number of amides is 1. The molecule has 1 atom stereocenters. The lowest BCUT2D eigenvalue weighted by atomic mass is 9.98. The monoisotopic (exact) mass is 414 g/mol. The van der Waals surface area contributed by atoms with Crippen molar-refractivity contribution in [2.75, 3.05) is 19.4 Å². The van der Waals surface area contributed by atoms with Gasteiger partial charge in [0.15, 0.2) is 0 Å². The van der Waals surface area contributed by atoms with Gasteiger partial charge in [-0.1, -0.05) is 18.2 Å². The van der Waals surface area contributed by atoms with E-state index in [2.05, 4.69) is 5.32 Å². The van der Waals surface area contributed by atoms with E-state index in [0.29, 0.717) is 11.1 Å². The first kappa shape index (κ1) is 21.9. The zero-order chi connectivity index (χ0) is 21.3. The number of hydrogen-bond acceptors (Lipinski definition) is 3. The first-order chi connectivity index (χ1) is 12.8. The minimum atomic E-state index is -4.44. The largest absolute Gasteiger partial charge is 0.416 e. The second-order valence-electron chi connectivity index (χ2n) is 6.60. The summed E-state index contributed by atoms with van der Waals surface area (Å²) in [5, 5.41) is 2.62. The van der Waals surface area contributed by atoms with Crippen LogP contribution in [0.3, 0.4) is 0 Å². The summed E-state index contributed by atoms with van der Waals surface area (Å²) in [6.45, 7) is 3.20. The van der Waals surface area contributed by atoms with Gasteiger partial charge in [-0.3, -0.25) is 4.79 Å². The predicted molar refractivity (Wildman–Crippen MR) is 101 cm³/mol. The van der Waals surface area contributed by atoms with Crippen LogP contribution in [-0.4, -0.2) is 32.7 Å². The van der Waals surface area contributed by atoms with Crippen molar-refractivity contribution in [1.29, 1.82) is 0 Å². The Balaban J connectivity index is 2.23. The maximum Gasteiger partial charge on any atom is 0.416 e. The van der Waals surface area contributed by atoms with Gasteiger partial charge in [0.25, 0.3) is 0 Å². The topological polar surface area (TPSA) is 66.5 Å². The third-order valence-electron chi connectivity index (χ3n) is 4.35. The van der Waals surface area contributed by atoms with Gasteiger partial charge in [0.2, 0.25) is 15.9 Å². The lowest BCUT2D eigenvalue weighted by Gasteiger charge is -2.17. The standard InChI is InChI=1S/C19H21F3N2O3S/c1-12-5-10-16(11-17(12)28(26,27)24(3)4)23-18(25)13(2)14-6-8-15(9-7-14)19(20,21)22/h5-11,13H,1-4H3,(H,23,25). The highest BCUT2D eigenvalue weighted by molar-refractivity contribution is 7.89. The minimum Gasteiger partial charge on any atom is -0.326 e. The van der Waals surface area contributed by atoms with Crippen molar-refractivity contribution in [2.45, 2.75) is 30.8 Å². The molecule has 0 aromatic heterocycles. The maximum absolute atomic E-state index is 12.7. The molecule has 2 rings (SSSR count). The molecule has 9 heteroatoms. The highest BCUT2D eigenvalue weighted by atomic mass is 32.2. The summed E-state index contributed by atoms with van der Waals surface area (Å²) >= 11 is 0. The van der Waals surface area contributed by atoms with E-state index in [1.165, 1.54) is 32.3 Å². The summed E-state index contributed by atoms with van der Waals surface area (Å²) in [5.74, 6) is -1.19. The molecule has 0 aliphatic heterocycles. The molecule has 0 bridgehead atoms. The number of nitrogens with zero attached hydrogens (tertiary/aromatic N) is 1. The number of rotatable bonds is 5. The molecule has 0 radical (unpaired) electrons. The van der Waals surface area contributed by atoms with E-state index in [1.54, 1.807) is 26.0 Å². The Bertz CT molecular complexity index is 969. The highest BCUT2D eigenvalue weighted by Crippen LogP contribution is 2.30. The van der Waals surface area contributed by atoms with Crippen LogP contribution in [0.5, 0.6) is 0 Å². The molecule has 0 saturated carbocycles. The van der Waals surface area contributed by atoms with E-state index in [9.17, 15) is 26.4 Å². The van der Waals surface area contributed by atoms with Gasteiger partial charge in [-0.05, 0) is 49.2 Å². The Morgan fingerprint density at radius 2 is 1.64 bits per heavy atom. The van der Waals surface area contributed by atoms with Crippen LogP contribution in [-0.2, 0) is 21.0 Å². The minimum absolute atomic E-state index is 0.0671.